The molecule has 7 nitrogen and oxygen atoms in total. The highest BCUT2D eigenvalue weighted by molar-refractivity contribution is 6.74. The lowest BCUT2D eigenvalue weighted by atomic mass is 10.0. The molecule has 34 heavy (non-hydrogen) atoms. The zero-order valence-corrected chi connectivity index (χ0v) is 20.8. The van der Waals surface area contributed by atoms with Gasteiger partial charge in [0.1, 0.15) is 18.0 Å². The zero-order valence-electron chi connectivity index (χ0n) is 19.8. The highest BCUT2D eigenvalue weighted by Gasteiger charge is 2.53. The molecule has 0 spiro atoms. The van der Waals surface area contributed by atoms with Gasteiger partial charge >= 0.3 is 11.9 Å². The summed E-state index contributed by atoms with van der Waals surface area (Å²) in [5.74, 6) is -2.43. The summed E-state index contributed by atoms with van der Waals surface area (Å²) in [6.07, 6.45) is -6.10. The Balaban J connectivity index is 1.77. The molecular weight excluding hydrogens is 467 g/mol. The lowest BCUT2D eigenvalue weighted by Gasteiger charge is -2.36. The van der Waals surface area contributed by atoms with Crippen LogP contribution < -0.4 is 11.0 Å². The van der Waals surface area contributed by atoms with E-state index < -0.39 is 44.3 Å². The van der Waals surface area contributed by atoms with Gasteiger partial charge in [0.15, 0.2) is 8.32 Å². The molecule has 1 aliphatic heterocycles. The second-order valence-corrected chi connectivity index (χ2v) is 14.7. The summed E-state index contributed by atoms with van der Waals surface area (Å²) in [5.41, 5.74) is -0.592. The maximum atomic E-state index is 13.8. The molecule has 1 aromatic heterocycles. The average Bonchev–Trinajstić information content (AvgIpc) is 3.17. The smallest absolute Gasteiger partial charge is 0.396 e. The van der Waals surface area contributed by atoms with E-state index in [0.29, 0.717) is 5.56 Å². The maximum Gasteiger partial charge on any atom is 0.396 e. The van der Waals surface area contributed by atoms with E-state index in [-0.39, 0.29) is 23.9 Å². The first-order valence-electron chi connectivity index (χ1n) is 11.0. The summed E-state index contributed by atoms with van der Waals surface area (Å²) < 4.78 is 54.0. The number of halogens is 3. The molecule has 2 heterocycles. The minimum atomic E-state index is -4.57. The van der Waals surface area contributed by atoms with Crippen molar-refractivity contribution in [1.82, 2.24) is 9.55 Å². The summed E-state index contributed by atoms with van der Waals surface area (Å²) in [5, 5.41) is 2.37. The largest absolute Gasteiger partial charge is 0.414 e. The fourth-order valence-electron chi connectivity index (χ4n) is 3.38. The van der Waals surface area contributed by atoms with Gasteiger partial charge in [-0.25, -0.2) is 4.79 Å². The number of hydrogen-bond donors (Lipinski definition) is 1. The number of ether oxygens (including phenoxy) is 1. The van der Waals surface area contributed by atoms with Crippen LogP contribution in [0, 0.1) is 5.92 Å². The molecule has 0 aliphatic carbocycles. The number of carbonyl (C=O) groups excluding carboxylic acids is 1. The summed E-state index contributed by atoms with van der Waals surface area (Å²) >= 11 is 0. The number of aromatic nitrogens is 2. The molecule has 3 atom stereocenters. The van der Waals surface area contributed by atoms with E-state index in [0.717, 1.165) is 10.8 Å². The minimum Gasteiger partial charge on any atom is -0.414 e. The number of carbonyl (C=O) groups is 1. The standard InChI is InChI=1S/C23H30F3N3O4Si/c1-22(2,3)34(4,5)32-14-16-13-17(23(24,25)26)20(33-16)29-12-11-18(28-21(29)31)27-19(30)15-9-7-6-8-10-15/h6-12,16-17,20H,13-14H2,1-5H3,(H,27,28,30,31)/t16-,17+,20+/m0/s1. The Kier molecular flexibility index (Phi) is 7.39. The quantitative estimate of drug-likeness (QED) is 0.569. The van der Waals surface area contributed by atoms with Crippen LogP contribution in [0.4, 0.5) is 19.0 Å². The van der Waals surface area contributed by atoms with E-state index in [1.54, 1.807) is 30.3 Å². The maximum absolute atomic E-state index is 13.8. The van der Waals surface area contributed by atoms with Gasteiger partial charge in [0.2, 0.25) is 0 Å². The predicted molar refractivity (Wildman–Crippen MR) is 124 cm³/mol. The number of anilines is 1. The van der Waals surface area contributed by atoms with Gasteiger partial charge in [0.05, 0.1) is 12.7 Å². The van der Waals surface area contributed by atoms with Crippen molar-refractivity contribution in [2.45, 2.75) is 63.8 Å². The number of nitrogens with zero attached hydrogens (tertiary/aromatic N) is 2. The van der Waals surface area contributed by atoms with Crippen molar-refractivity contribution in [2.75, 3.05) is 11.9 Å². The molecular formula is C23H30F3N3O4Si. The van der Waals surface area contributed by atoms with Gasteiger partial charge in [-0.2, -0.15) is 18.2 Å². The first-order valence-corrected chi connectivity index (χ1v) is 13.9. The van der Waals surface area contributed by atoms with E-state index in [1.165, 1.54) is 6.07 Å². The fourth-order valence-corrected chi connectivity index (χ4v) is 4.42. The molecule has 1 N–H and O–H groups in total. The topological polar surface area (TPSA) is 82.5 Å². The SMILES string of the molecule is CC(C)(C)[Si](C)(C)OC[C@@H]1C[C@@H](C(F)(F)F)[C@H](n2ccc(NC(=O)c3ccccc3)nc2=O)O1. The van der Waals surface area contributed by atoms with Crippen LogP contribution in [0.15, 0.2) is 47.4 Å². The third-order valence-electron chi connectivity index (χ3n) is 6.43. The van der Waals surface area contributed by atoms with Gasteiger partial charge in [-0.1, -0.05) is 39.0 Å². The lowest BCUT2D eigenvalue weighted by Crippen LogP contribution is -2.42. The van der Waals surface area contributed by atoms with Crippen LogP contribution in [0.3, 0.4) is 0 Å². The highest BCUT2D eigenvalue weighted by atomic mass is 28.4. The molecule has 0 saturated carbocycles. The van der Waals surface area contributed by atoms with E-state index in [1.807, 2.05) is 33.9 Å². The molecule has 1 aliphatic rings. The molecule has 1 aromatic carbocycles. The van der Waals surface area contributed by atoms with Crippen molar-refractivity contribution in [3.63, 3.8) is 0 Å². The van der Waals surface area contributed by atoms with E-state index in [4.69, 9.17) is 9.16 Å². The van der Waals surface area contributed by atoms with Crippen molar-refractivity contribution < 1.29 is 27.1 Å². The number of rotatable bonds is 6. The Labute approximate surface area is 197 Å². The molecule has 0 unspecified atom stereocenters. The van der Waals surface area contributed by atoms with Crippen LogP contribution in [-0.2, 0) is 9.16 Å². The van der Waals surface area contributed by atoms with E-state index in [2.05, 4.69) is 10.3 Å². The van der Waals surface area contributed by atoms with Gasteiger partial charge in [0.25, 0.3) is 5.91 Å². The van der Waals surface area contributed by atoms with Crippen LogP contribution in [0.1, 0.15) is 43.8 Å². The second kappa shape index (κ2) is 9.63. The van der Waals surface area contributed by atoms with Crippen LogP contribution in [0.25, 0.3) is 0 Å². The first-order chi connectivity index (χ1) is 15.7. The Morgan fingerprint density at radius 3 is 2.41 bits per heavy atom. The van der Waals surface area contributed by atoms with E-state index >= 15 is 0 Å². The monoisotopic (exact) mass is 497 g/mol. The Morgan fingerprint density at radius 2 is 1.85 bits per heavy atom. The van der Waals surface area contributed by atoms with Gasteiger partial charge in [-0.15, -0.1) is 0 Å². The Hall–Kier alpha value is -2.50. The van der Waals surface area contributed by atoms with Crippen molar-refractivity contribution in [3.05, 3.63) is 58.6 Å². The summed E-state index contributed by atoms with van der Waals surface area (Å²) in [4.78, 5) is 28.6. The number of hydrogen-bond acceptors (Lipinski definition) is 5. The molecule has 3 rings (SSSR count). The van der Waals surface area contributed by atoms with Crippen molar-refractivity contribution >= 4 is 20.0 Å². The van der Waals surface area contributed by atoms with Gasteiger partial charge in [-0.05, 0) is 42.8 Å². The van der Waals surface area contributed by atoms with Crippen LogP contribution in [-0.4, -0.2) is 42.7 Å². The zero-order chi connectivity index (χ0) is 25.3. The number of alkyl halides is 3. The van der Waals surface area contributed by atoms with Crippen LogP contribution >= 0.6 is 0 Å². The molecule has 0 radical (unpaired) electrons. The van der Waals surface area contributed by atoms with Crippen molar-refractivity contribution in [3.8, 4) is 0 Å². The minimum absolute atomic E-state index is 0.0208. The summed E-state index contributed by atoms with van der Waals surface area (Å²) in [6.45, 7) is 10.2. The normalized spacial score (nSPS) is 21.5. The van der Waals surface area contributed by atoms with Crippen LogP contribution in [0.5, 0.6) is 0 Å². The number of benzene rings is 1. The Bertz CT molecular complexity index is 1070. The summed E-state index contributed by atoms with van der Waals surface area (Å²) in [6, 6.07) is 9.56. The lowest BCUT2D eigenvalue weighted by molar-refractivity contribution is -0.198. The van der Waals surface area contributed by atoms with Gasteiger partial charge < -0.3 is 14.5 Å². The fraction of sp³-hybridized carbons (Fsp3) is 0.522. The molecule has 0 bridgehead atoms. The predicted octanol–water partition coefficient (Wildman–Crippen LogP) is 4.98. The van der Waals surface area contributed by atoms with Crippen molar-refractivity contribution in [2.24, 2.45) is 5.92 Å². The van der Waals surface area contributed by atoms with Gasteiger partial charge in [-0.3, -0.25) is 9.36 Å². The molecule has 11 heteroatoms. The number of nitrogens with one attached hydrogen (secondary N) is 1. The Morgan fingerprint density at radius 1 is 1.21 bits per heavy atom. The molecule has 1 fully saturated rings. The van der Waals surface area contributed by atoms with Crippen molar-refractivity contribution in [1.29, 1.82) is 0 Å². The average molecular weight is 498 g/mol. The highest BCUT2D eigenvalue weighted by Crippen LogP contribution is 2.45. The van der Waals surface area contributed by atoms with E-state index in [9.17, 15) is 22.8 Å². The first kappa shape index (κ1) is 26.1. The summed E-state index contributed by atoms with van der Waals surface area (Å²) in [7, 11) is -2.19. The molecule has 1 saturated heterocycles. The third kappa shape index (κ3) is 5.94. The van der Waals surface area contributed by atoms with Gasteiger partial charge in [0, 0.05) is 11.8 Å². The molecule has 186 valence electrons. The third-order valence-corrected chi connectivity index (χ3v) is 10.9. The molecule has 1 amide bonds. The number of amides is 1. The molecule has 2 aromatic rings. The second-order valence-electron chi connectivity index (χ2n) is 9.93. The van der Waals surface area contributed by atoms with Crippen LogP contribution in [0.2, 0.25) is 18.1 Å².